The van der Waals surface area contributed by atoms with Gasteiger partial charge in [0.1, 0.15) is 16.8 Å². The molecule has 2 aromatic heterocycles. The SMILES string of the molecule is CCC.CN(C)c1nc2c(c(CO)nn2Cc2ccc(OC(F)F)cc2)c(=O)[nH]1. The third-order valence-corrected chi connectivity index (χ3v) is 3.72. The van der Waals surface area contributed by atoms with E-state index in [2.05, 4.69) is 33.7 Å². The zero-order chi connectivity index (χ0) is 21.6. The van der Waals surface area contributed by atoms with Gasteiger partial charge in [0.25, 0.3) is 5.56 Å². The van der Waals surface area contributed by atoms with E-state index >= 15 is 0 Å². The molecular formula is C19H25F2N5O3. The van der Waals surface area contributed by atoms with Crippen LogP contribution < -0.4 is 15.2 Å². The number of fused-ring (bicyclic) bond motifs is 1. The summed E-state index contributed by atoms with van der Waals surface area (Å²) in [6.07, 6.45) is 1.25. The second-order valence-corrected chi connectivity index (χ2v) is 6.47. The molecule has 0 saturated carbocycles. The number of hydrogen-bond donors (Lipinski definition) is 2. The van der Waals surface area contributed by atoms with Crippen LogP contribution in [0.15, 0.2) is 29.1 Å². The summed E-state index contributed by atoms with van der Waals surface area (Å²) < 4.78 is 30.2. The molecule has 29 heavy (non-hydrogen) atoms. The minimum atomic E-state index is -2.89. The van der Waals surface area contributed by atoms with Gasteiger partial charge in [0.15, 0.2) is 5.65 Å². The maximum Gasteiger partial charge on any atom is 0.387 e. The molecule has 0 aliphatic carbocycles. The molecule has 0 atom stereocenters. The predicted octanol–water partition coefficient (Wildman–Crippen LogP) is 2.74. The van der Waals surface area contributed by atoms with E-state index in [0.717, 1.165) is 5.56 Å². The second kappa shape index (κ2) is 9.97. The first-order valence-corrected chi connectivity index (χ1v) is 9.12. The fourth-order valence-electron chi connectivity index (χ4n) is 2.52. The molecule has 0 saturated heterocycles. The molecule has 3 rings (SSSR count). The number of benzene rings is 1. The number of aliphatic hydroxyl groups is 1. The molecule has 2 heterocycles. The van der Waals surface area contributed by atoms with Gasteiger partial charge in [-0.15, -0.1) is 0 Å². The third-order valence-electron chi connectivity index (χ3n) is 3.72. The quantitative estimate of drug-likeness (QED) is 0.650. The van der Waals surface area contributed by atoms with E-state index in [1.807, 2.05) is 0 Å². The Morgan fingerprint density at radius 1 is 1.24 bits per heavy atom. The van der Waals surface area contributed by atoms with Crippen molar-refractivity contribution in [1.29, 1.82) is 0 Å². The summed E-state index contributed by atoms with van der Waals surface area (Å²) in [6, 6.07) is 6.07. The van der Waals surface area contributed by atoms with Crippen LogP contribution in [0.1, 0.15) is 31.5 Å². The molecule has 0 bridgehead atoms. The molecule has 0 aliphatic heterocycles. The molecule has 158 valence electrons. The number of aliphatic hydroxyl groups excluding tert-OH is 1. The summed E-state index contributed by atoms with van der Waals surface area (Å²) in [5, 5.41) is 14.0. The maximum absolute atomic E-state index is 12.3. The number of nitrogens with zero attached hydrogens (tertiary/aromatic N) is 4. The van der Waals surface area contributed by atoms with Crippen LogP contribution in [-0.4, -0.2) is 45.6 Å². The lowest BCUT2D eigenvalue weighted by Gasteiger charge is -2.11. The molecule has 0 fully saturated rings. The van der Waals surface area contributed by atoms with Crippen LogP contribution in [0, 0.1) is 0 Å². The Hall–Kier alpha value is -3.01. The number of alkyl halides is 2. The first kappa shape index (κ1) is 22.3. The zero-order valence-corrected chi connectivity index (χ0v) is 16.8. The van der Waals surface area contributed by atoms with Crippen LogP contribution in [0.4, 0.5) is 14.7 Å². The minimum absolute atomic E-state index is 0.0505. The van der Waals surface area contributed by atoms with Gasteiger partial charge in [0.2, 0.25) is 5.95 Å². The summed E-state index contributed by atoms with van der Waals surface area (Å²) in [5.74, 6) is 0.406. The number of H-pyrrole nitrogens is 1. The van der Waals surface area contributed by atoms with Gasteiger partial charge in [-0.1, -0.05) is 32.4 Å². The highest BCUT2D eigenvalue weighted by atomic mass is 19.3. The van der Waals surface area contributed by atoms with E-state index in [4.69, 9.17) is 0 Å². The van der Waals surface area contributed by atoms with Gasteiger partial charge in [0.05, 0.1) is 13.2 Å². The second-order valence-electron chi connectivity index (χ2n) is 6.47. The fraction of sp³-hybridized carbons (Fsp3) is 0.421. The Balaban J connectivity index is 0.000000941. The van der Waals surface area contributed by atoms with Crippen molar-refractivity contribution in [3.05, 3.63) is 45.9 Å². The van der Waals surface area contributed by atoms with Crippen molar-refractivity contribution in [2.75, 3.05) is 19.0 Å². The van der Waals surface area contributed by atoms with Crippen molar-refractivity contribution in [2.45, 2.75) is 40.0 Å². The number of aromatic nitrogens is 4. The fourth-order valence-corrected chi connectivity index (χ4v) is 2.52. The molecule has 0 unspecified atom stereocenters. The molecule has 0 radical (unpaired) electrons. The summed E-state index contributed by atoms with van der Waals surface area (Å²) >= 11 is 0. The smallest absolute Gasteiger partial charge is 0.387 e. The maximum atomic E-state index is 12.3. The van der Waals surface area contributed by atoms with Gasteiger partial charge >= 0.3 is 6.61 Å². The Kier molecular flexibility index (Phi) is 7.66. The van der Waals surface area contributed by atoms with Gasteiger partial charge in [-0.2, -0.15) is 18.9 Å². The van der Waals surface area contributed by atoms with Crippen molar-refractivity contribution in [2.24, 2.45) is 0 Å². The lowest BCUT2D eigenvalue weighted by atomic mass is 10.2. The van der Waals surface area contributed by atoms with E-state index < -0.39 is 18.8 Å². The number of anilines is 1. The van der Waals surface area contributed by atoms with Crippen molar-refractivity contribution >= 4 is 17.0 Å². The molecular weight excluding hydrogens is 384 g/mol. The van der Waals surface area contributed by atoms with Crippen LogP contribution in [0.2, 0.25) is 0 Å². The number of hydrogen-bond acceptors (Lipinski definition) is 6. The van der Waals surface area contributed by atoms with Gasteiger partial charge in [0, 0.05) is 14.1 Å². The Morgan fingerprint density at radius 2 is 1.86 bits per heavy atom. The van der Waals surface area contributed by atoms with Crippen molar-refractivity contribution in [3.63, 3.8) is 0 Å². The predicted molar refractivity (Wildman–Crippen MR) is 107 cm³/mol. The van der Waals surface area contributed by atoms with Crippen LogP contribution in [0.3, 0.4) is 0 Å². The lowest BCUT2D eigenvalue weighted by Crippen LogP contribution is -2.19. The number of ether oxygens (including phenoxy) is 1. The third kappa shape index (κ3) is 5.50. The molecule has 2 N–H and O–H groups in total. The van der Waals surface area contributed by atoms with Crippen molar-refractivity contribution in [3.8, 4) is 5.75 Å². The molecule has 0 amide bonds. The van der Waals surface area contributed by atoms with Gasteiger partial charge in [-0.05, 0) is 17.7 Å². The highest BCUT2D eigenvalue weighted by Crippen LogP contribution is 2.19. The van der Waals surface area contributed by atoms with E-state index in [0.29, 0.717) is 11.6 Å². The standard InChI is InChI=1S/C16H17F2N5O3.C3H8/c1-22(2)16-19-13-12(14(25)20-16)11(8-24)21-23(13)7-9-3-5-10(6-4-9)26-15(17)18;1-3-2/h3-6,15,24H,7-8H2,1-2H3,(H,19,20,25);3H2,1-2H3. The number of nitrogens with one attached hydrogen (secondary N) is 1. The highest BCUT2D eigenvalue weighted by Gasteiger charge is 2.17. The number of halogens is 2. The summed E-state index contributed by atoms with van der Waals surface area (Å²) in [5.41, 5.74) is 0.898. The topological polar surface area (TPSA) is 96.3 Å². The molecule has 8 nitrogen and oxygen atoms in total. The zero-order valence-electron chi connectivity index (χ0n) is 16.8. The van der Waals surface area contributed by atoms with Gasteiger partial charge in [-0.25, -0.2) is 4.68 Å². The summed E-state index contributed by atoms with van der Waals surface area (Å²) in [7, 11) is 3.47. The number of rotatable bonds is 6. The Bertz CT molecular complexity index is 984. The van der Waals surface area contributed by atoms with E-state index in [-0.39, 0.29) is 23.4 Å². The average Bonchev–Trinajstić information content (AvgIpc) is 3.02. The minimum Gasteiger partial charge on any atom is -0.435 e. The van der Waals surface area contributed by atoms with Crippen LogP contribution in [0.5, 0.6) is 5.75 Å². The molecule has 1 aromatic carbocycles. The van der Waals surface area contributed by atoms with Crippen molar-refractivity contribution in [1.82, 2.24) is 19.7 Å². The Morgan fingerprint density at radius 3 is 2.38 bits per heavy atom. The lowest BCUT2D eigenvalue weighted by molar-refractivity contribution is -0.0498. The first-order chi connectivity index (χ1) is 13.8. The van der Waals surface area contributed by atoms with Crippen LogP contribution in [-0.2, 0) is 13.2 Å². The van der Waals surface area contributed by atoms with E-state index in [9.17, 15) is 18.7 Å². The molecule has 3 aromatic rings. The van der Waals surface area contributed by atoms with Crippen LogP contribution in [0.25, 0.3) is 11.0 Å². The van der Waals surface area contributed by atoms with Crippen molar-refractivity contribution < 1.29 is 18.6 Å². The average molecular weight is 409 g/mol. The van der Waals surface area contributed by atoms with E-state index in [1.54, 1.807) is 31.1 Å². The molecule has 10 heteroatoms. The van der Waals surface area contributed by atoms with Gasteiger partial charge < -0.3 is 14.7 Å². The molecule has 0 spiro atoms. The summed E-state index contributed by atoms with van der Waals surface area (Å²) in [4.78, 5) is 21.0. The first-order valence-electron chi connectivity index (χ1n) is 9.12. The highest BCUT2D eigenvalue weighted by molar-refractivity contribution is 5.78. The Labute approximate surface area is 166 Å². The normalized spacial score (nSPS) is 10.8. The summed E-state index contributed by atoms with van der Waals surface area (Å²) in [6.45, 7) is 1.20. The molecule has 0 aliphatic rings. The number of aromatic amines is 1. The monoisotopic (exact) mass is 409 g/mol. The largest absolute Gasteiger partial charge is 0.435 e. The van der Waals surface area contributed by atoms with E-state index in [1.165, 1.54) is 23.2 Å². The van der Waals surface area contributed by atoms with Gasteiger partial charge in [-0.3, -0.25) is 9.78 Å². The van der Waals surface area contributed by atoms with Crippen LogP contribution >= 0.6 is 0 Å².